The van der Waals surface area contributed by atoms with Gasteiger partial charge in [-0.15, -0.1) is 0 Å². The molecule has 1 atom stereocenters. The molecule has 5 nitrogen and oxygen atoms in total. The molecule has 2 aliphatic rings. The molecule has 1 aliphatic carbocycles. The number of carbonyl (C=O) groups is 2. The first-order valence-corrected chi connectivity index (χ1v) is 6.47. The van der Waals surface area contributed by atoms with Crippen LogP contribution >= 0.6 is 0 Å². The number of aliphatic carboxylic acids is 1. The second kappa shape index (κ2) is 4.14. The summed E-state index contributed by atoms with van der Waals surface area (Å²) in [5.41, 5.74) is -0.722. The van der Waals surface area contributed by atoms with Crippen LogP contribution in [-0.4, -0.2) is 39.8 Å². The number of nitrogens with zero attached hydrogens (tertiary/aromatic N) is 1. The van der Waals surface area contributed by atoms with E-state index in [4.69, 9.17) is 9.84 Å². The Morgan fingerprint density at radius 1 is 1.39 bits per heavy atom. The van der Waals surface area contributed by atoms with E-state index in [2.05, 4.69) is 0 Å². The van der Waals surface area contributed by atoms with Gasteiger partial charge in [0, 0.05) is 12.5 Å². The Kier molecular flexibility index (Phi) is 3.03. The predicted molar refractivity (Wildman–Crippen MR) is 65.3 cm³/mol. The quantitative estimate of drug-likeness (QED) is 0.821. The highest BCUT2D eigenvalue weighted by Gasteiger charge is 2.59. The van der Waals surface area contributed by atoms with Gasteiger partial charge >= 0.3 is 12.1 Å². The number of likely N-dealkylation sites (tertiary alicyclic amines) is 1. The molecule has 1 aliphatic heterocycles. The molecule has 18 heavy (non-hydrogen) atoms. The van der Waals surface area contributed by atoms with E-state index in [-0.39, 0.29) is 24.0 Å². The van der Waals surface area contributed by atoms with Crippen molar-refractivity contribution in [2.24, 2.45) is 5.92 Å². The molecule has 5 heteroatoms. The van der Waals surface area contributed by atoms with Crippen molar-refractivity contribution in [2.45, 2.75) is 57.6 Å². The highest BCUT2D eigenvalue weighted by atomic mass is 16.6. The number of ether oxygens (including phenoxy) is 1. The molecular formula is C13H21NO4. The minimum absolute atomic E-state index is 0.0938. The van der Waals surface area contributed by atoms with Gasteiger partial charge in [-0.1, -0.05) is 0 Å². The number of hydrogen-bond acceptors (Lipinski definition) is 3. The lowest BCUT2D eigenvalue weighted by molar-refractivity contribution is -0.155. The fourth-order valence-corrected chi connectivity index (χ4v) is 2.94. The van der Waals surface area contributed by atoms with Crippen LogP contribution in [0.15, 0.2) is 0 Å². The molecule has 1 saturated heterocycles. The van der Waals surface area contributed by atoms with Gasteiger partial charge in [-0.2, -0.15) is 0 Å². The molecule has 0 aromatic rings. The zero-order valence-electron chi connectivity index (χ0n) is 11.2. The van der Waals surface area contributed by atoms with E-state index in [0.29, 0.717) is 6.54 Å². The average molecular weight is 255 g/mol. The zero-order chi connectivity index (χ0) is 13.6. The van der Waals surface area contributed by atoms with E-state index in [1.807, 2.05) is 20.8 Å². The monoisotopic (exact) mass is 255 g/mol. The van der Waals surface area contributed by atoms with Crippen molar-refractivity contribution >= 4 is 12.1 Å². The Hall–Kier alpha value is -1.26. The molecule has 2 rings (SSSR count). The fourth-order valence-electron chi connectivity index (χ4n) is 2.94. The second-order valence-corrected chi connectivity index (χ2v) is 6.34. The summed E-state index contributed by atoms with van der Waals surface area (Å²) in [6, 6.07) is 0. The number of carboxylic acids is 1. The fraction of sp³-hybridized carbons (Fsp3) is 0.846. The minimum Gasteiger partial charge on any atom is -0.481 e. The molecule has 0 aromatic carbocycles. The van der Waals surface area contributed by atoms with Gasteiger partial charge in [0.25, 0.3) is 0 Å². The topological polar surface area (TPSA) is 66.8 Å². The lowest BCUT2D eigenvalue weighted by Gasteiger charge is -2.63. The van der Waals surface area contributed by atoms with E-state index >= 15 is 0 Å². The number of hydrogen-bond donors (Lipinski definition) is 1. The van der Waals surface area contributed by atoms with Gasteiger partial charge < -0.3 is 14.7 Å². The Balaban J connectivity index is 2.00. The molecule has 1 unspecified atom stereocenters. The van der Waals surface area contributed by atoms with Crippen LogP contribution in [0.2, 0.25) is 0 Å². The standard InChI is InChI=1S/C13H21NO4/c1-12(2,3)18-11(17)14-8-9(7-10(15)16)13(14)5-4-6-13/h9H,4-8H2,1-3H3,(H,15,16). The first kappa shape index (κ1) is 13.2. The maximum Gasteiger partial charge on any atom is 0.410 e. The number of carbonyl (C=O) groups excluding carboxylic acids is 1. The number of carboxylic acid groups (broad SMARTS) is 1. The van der Waals surface area contributed by atoms with Crippen molar-refractivity contribution in [3.63, 3.8) is 0 Å². The molecule has 0 aromatic heterocycles. The van der Waals surface area contributed by atoms with Crippen molar-refractivity contribution in [3.05, 3.63) is 0 Å². The average Bonchev–Trinajstić information content (AvgIpc) is 2.04. The summed E-state index contributed by atoms with van der Waals surface area (Å²) in [6.45, 7) is 6.04. The molecule has 1 N–H and O–H groups in total. The van der Waals surface area contributed by atoms with Crippen LogP contribution in [0.4, 0.5) is 4.79 Å². The molecule has 1 saturated carbocycles. The third-order valence-corrected chi connectivity index (χ3v) is 3.95. The second-order valence-electron chi connectivity index (χ2n) is 6.34. The van der Waals surface area contributed by atoms with Gasteiger partial charge in [0.1, 0.15) is 5.60 Å². The summed E-state index contributed by atoms with van der Waals surface area (Å²) in [4.78, 5) is 24.6. The molecule has 2 fully saturated rings. The minimum atomic E-state index is -0.782. The van der Waals surface area contributed by atoms with Crippen LogP contribution in [0.1, 0.15) is 46.5 Å². The van der Waals surface area contributed by atoms with Crippen molar-refractivity contribution in [1.29, 1.82) is 0 Å². The van der Waals surface area contributed by atoms with Crippen molar-refractivity contribution < 1.29 is 19.4 Å². The number of rotatable bonds is 2. The van der Waals surface area contributed by atoms with E-state index in [9.17, 15) is 9.59 Å². The molecule has 1 heterocycles. The van der Waals surface area contributed by atoms with Crippen LogP contribution in [0.5, 0.6) is 0 Å². The van der Waals surface area contributed by atoms with Gasteiger partial charge in [-0.25, -0.2) is 4.79 Å². The number of amides is 1. The van der Waals surface area contributed by atoms with Gasteiger partial charge in [0.05, 0.1) is 12.0 Å². The zero-order valence-corrected chi connectivity index (χ0v) is 11.2. The molecule has 1 amide bonds. The third-order valence-electron chi connectivity index (χ3n) is 3.95. The van der Waals surface area contributed by atoms with E-state index in [0.717, 1.165) is 19.3 Å². The lowest BCUT2D eigenvalue weighted by Crippen LogP contribution is -2.72. The van der Waals surface area contributed by atoms with Crippen LogP contribution in [0.25, 0.3) is 0 Å². The van der Waals surface area contributed by atoms with Crippen LogP contribution < -0.4 is 0 Å². The van der Waals surface area contributed by atoms with Gasteiger partial charge in [-0.3, -0.25) is 4.79 Å². The summed E-state index contributed by atoms with van der Waals surface area (Å²) in [6.07, 6.45) is 2.73. The first-order chi connectivity index (χ1) is 8.24. The van der Waals surface area contributed by atoms with E-state index < -0.39 is 11.6 Å². The van der Waals surface area contributed by atoms with Gasteiger partial charge in [-0.05, 0) is 40.0 Å². The van der Waals surface area contributed by atoms with Crippen molar-refractivity contribution in [1.82, 2.24) is 4.90 Å². The Morgan fingerprint density at radius 2 is 2.00 bits per heavy atom. The molecule has 0 bridgehead atoms. The molecule has 102 valence electrons. The normalized spacial score (nSPS) is 25.3. The summed E-state index contributed by atoms with van der Waals surface area (Å²) >= 11 is 0. The third kappa shape index (κ3) is 2.18. The lowest BCUT2D eigenvalue weighted by atomic mass is 9.60. The summed E-state index contributed by atoms with van der Waals surface area (Å²) in [7, 11) is 0. The van der Waals surface area contributed by atoms with E-state index in [1.165, 1.54) is 0 Å². The highest BCUT2D eigenvalue weighted by molar-refractivity contribution is 5.73. The molecular weight excluding hydrogens is 234 g/mol. The Bertz CT molecular complexity index is 368. The molecule has 0 radical (unpaired) electrons. The summed E-state index contributed by atoms with van der Waals surface area (Å²) in [5.74, 6) is -0.689. The highest BCUT2D eigenvalue weighted by Crippen LogP contribution is 2.52. The van der Waals surface area contributed by atoms with Crippen LogP contribution in [0, 0.1) is 5.92 Å². The maximum absolute atomic E-state index is 12.0. The van der Waals surface area contributed by atoms with Crippen LogP contribution in [0.3, 0.4) is 0 Å². The van der Waals surface area contributed by atoms with E-state index in [1.54, 1.807) is 4.90 Å². The first-order valence-electron chi connectivity index (χ1n) is 6.47. The smallest absolute Gasteiger partial charge is 0.410 e. The maximum atomic E-state index is 12.0. The molecule has 1 spiro atoms. The summed E-state index contributed by atoms with van der Waals surface area (Å²) < 4.78 is 5.37. The van der Waals surface area contributed by atoms with Gasteiger partial charge in [0.15, 0.2) is 0 Å². The van der Waals surface area contributed by atoms with Gasteiger partial charge in [0.2, 0.25) is 0 Å². The predicted octanol–water partition coefficient (Wildman–Crippen LogP) is 2.25. The SMILES string of the molecule is CC(C)(C)OC(=O)N1CC(CC(=O)O)C12CCC2. The van der Waals surface area contributed by atoms with Crippen molar-refractivity contribution in [2.75, 3.05) is 6.54 Å². The van der Waals surface area contributed by atoms with Crippen LogP contribution in [-0.2, 0) is 9.53 Å². The Labute approximate surface area is 107 Å². The summed E-state index contributed by atoms with van der Waals surface area (Å²) in [5, 5.41) is 8.88. The largest absolute Gasteiger partial charge is 0.481 e. The Morgan fingerprint density at radius 3 is 2.39 bits per heavy atom. The van der Waals surface area contributed by atoms with Crippen molar-refractivity contribution in [3.8, 4) is 0 Å².